The molecule has 0 spiro atoms. The van der Waals surface area contributed by atoms with E-state index in [0.717, 1.165) is 0 Å². The molecule has 0 fully saturated rings. The topological polar surface area (TPSA) is 84.5 Å². The lowest BCUT2D eigenvalue weighted by molar-refractivity contribution is -0.0501. The number of ether oxygens (including phenoxy) is 1. The number of halogens is 4. The molecule has 0 bridgehead atoms. The van der Waals surface area contributed by atoms with E-state index in [1.165, 1.54) is 66.7 Å². The molecular formula is C20H14Cl2F2N2O4S. The third-order valence-electron chi connectivity index (χ3n) is 3.93. The van der Waals surface area contributed by atoms with Crippen LogP contribution in [0.15, 0.2) is 71.6 Å². The Morgan fingerprint density at radius 2 is 1.45 bits per heavy atom. The van der Waals surface area contributed by atoms with Crippen molar-refractivity contribution in [2.45, 2.75) is 11.5 Å². The zero-order chi connectivity index (χ0) is 22.6. The molecule has 162 valence electrons. The van der Waals surface area contributed by atoms with Crippen LogP contribution < -0.4 is 14.8 Å². The van der Waals surface area contributed by atoms with Gasteiger partial charge in [0.05, 0.1) is 15.6 Å². The summed E-state index contributed by atoms with van der Waals surface area (Å²) < 4.78 is 56.9. The lowest BCUT2D eigenvalue weighted by atomic mass is 10.2. The Hall–Kier alpha value is -2.88. The van der Waals surface area contributed by atoms with Crippen LogP contribution in [0.1, 0.15) is 10.4 Å². The van der Waals surface area contributed by atoms with Gasteiger partial charge in [-0.25, -0.2) is 8.42 Å². The fourth-order valence-electron chi connectivity index (χ4n) is 2.62. The Morgan fingerprint density at radius 3 is 2.06 bits per heavy atom. The van der Waals surface area contributed by atoms with Crippen molar-refractivity contribution in [3.63, 3.8) is 0 Å². The first kappa shape index (κ1) is 22.8. The van der Waals surface area contributed by atoms with Crippen LogP contribution >= 0.6 is 23.2 Å². The van der Waals surface area contributed by atoms with Crippen LogP contribution in [0.5, 0.6) is 5.75 Å². The van der Waals surface area contributed by atoms with E-state index < -0.39 is 22.5 Å². The monoisotopic (exact) mass is 486 g/mol. The Labute approximate surface area is 186 Å². The third kappa shape index (κ3) is 5.63. The standard InChI is InChI=1S/C20H14Cl2F2N2O4S/c21-15-5-3-6-16(22)18(15)31(28,29)26-13-10-8-12(9-11-13)25-19(27)14-4-1-2-7-17(14)30-20(23)24/h1-11,20,26H,(H,25,27). The normalized spacial score (nSPS) is 11.3. The summed E-state index contributed by atoms with van der Waals surface area (Å²) in [6.07, 6.45) is 0. The molecule has 1 amide bonds. The van der Waals surface area contributed by atoms with Gasteiger partial charge in [-0.2, -0.15) is 8.78 Å². The molecule has 6 nitrogen and oxygen atoms in total. The van der Waals surface area contributed by atoms with Crippen molar-refractivity contribution >= 4 is 50.5 Å². The number of para-hydroxylation sites is 1. The van der Waals surface area contributed by atoms with Crippen LogP contribution in [0, 0.1) is 0 Å². The van der Waals surface area contributed by atoms with Crippen molar-refractivity contribution < 1.29 is 26.7 Å². The Morgan fingerprint density at radius 1 is 0.871 bits per heavy atom. The molecular weight excluding hydrogens is 473 g/mol. The molecule has 0 heterocycles. The van der Waals surface area contributed by atoms with Crippen molar-refractivity contribution in [2.24, 2.45) is 0 Å². The fraction of sp³-hybridized carbons (Fsp3) is 0.0500. The summed E-state index contributed by atoms with van der Waals surface area (Å²) in [5.41, 5.74) is 0.409. The first-order valence-corrected chi connectivity index (χ1v) is 10.8. The number of carbonyl (C=O) groups excluding carboxylic acids is 1. The SMILES string of the molecule is O=C(Nc1ccc(NS(=O)(=O)c2c(Cl)cccc2Cl)cc1)c1ccccc1OC(F)F. The van der Waals surface area contributed by atoms with E-state index in [1.54, 1.807) is 0 Å². The fourth-order valence-corrected chi connectivity index (χ4v) is 4.82. The van der Waals surface area contributed by atoms with Crippen molar-refractivity contribution in [1.29, 1.82) is 0 Å². The highest BCUT2D eigenvalue weighted by atomic mass is 35.5. The second-order valence-electron chi connectivity index (χ2n) is 6.06. The van der Waals surface area contributed by atoms with Gasteiger partial charge in [-0.1, -0.05) is 41.4 Å². The van der Waals surface area contributed by atoms with Gasteiger partial charge >= 0.3 is 6.61 Å². The number of alkyl halides is 2. The number of anilines is 2. The number of carbonyl (C=O) groups is 1. The maximum atomic E-state index is 12.6. The van der Waals surface area contributed by atoms with Crippen LogP contribution in [0.25, 0.3) is 0 Å². The van der Waals surface area contributed by atoms with Gasteiger partial charge in [-0.3, -0.25) is 9.52 Å². The number of hydrogen-bond donors (Lipinski definition) is 2. The van der Waals surface area contributed by atoms with Gasteiger partial charge in [-0.15, -0.1) is 0 Å². The molecule has 3 aromatic carbocycles. The van der Waals surface area contributed by atoms with E-state index in [4.69, 9.17) is 23.2 Å². The highest BCUT2D eigenvalue weighted by Gasteiger charge is 2.22. The number of rotatable bonds is 7. The summed E-state index contributed by atoms with van der Waals surface area (Å²) >= 11 is 11.9. The van der Waals surface area contributed by atoms with Crippen LogP contribution in [-0.2, 0) is 10.0 Å². The molecule has 3 aromatic rings. The van der Waals surface area contributed by atoms with E-state index in [-0.39, 0.29) is 31.9 Å². The maximum Gasteiger partial charge on any atom is 0.387 e. The lowest BCUT2D eigenvalue weighted by Gasteiger charge is -2.13. The molecule has 2 N–H and O–H groups in total. The molecule has 0 unspecified atom stereocenters. The summed E-state index contributed by atoms with van der Waals surface area (Å²) in [6, 6.07) is 15.5. The van der Waals surface area contributed by atoms with Crippen LogP contribution in [0.3, 0.4) is 0 Å². The molecule has 0 radical (unpaired) electrons. The average molecular weight is 487 g/mol. The second kappa shape index (κ2) is 9.51. The molecule has 0 atom stereocenters. The molecule has 31 heavy (non-hydrogen) atoms. The molecule has 0 aliphatic heterocycles. The van der Waals surface area contributed by atoms with E-state index >= 15 is 0 Å². The highest BCUT2D eigenvalue weighted by Crippen LogP contribution is 2.31. The quantitative estimate of drug-likeness (QED) is 0.451. The van der Waals surface area contributed by atoms with Crippen LogP contribution in [0.2, 0.25) is 10.0 Å². The molecule has 0 aliphatic rings. The van der Waals surface area contributed by atoms with Crippen LogP contribution in [0.4, 0.5) is 20.2 Å². The first-order valence-electron chi connectivity index (χ1n) is 8.59. The third-order valence-corrected chi connectivity index (χ3v) is 6.27. The summed E-state index contributed by atoms with van der Waals surface area (Å²) in [7, 11) is -4.06. The molecule has 0 saturated carbocycles. The Balaban J connectivity index is 1.75. The summed E-state index contributed by atoms with van der Waals surface area (Å²) in [6.45, 7) is -3.08. The summed E-state index contributed by atoms with van der Waals surface area (Å²) in [5.74, 6) is -0.941. The van der Waals surface area contributed by atoms with E-state index in [2.05, 4.69) is 14.8 Å². The van der Waals surface area contributed by atoms with Crippen molar-refractivity contribution in [2.75, 3.05) is 10.0 Å². The lowest BCUT2D eigenvalue weighted by Crippen LogP contribution is -2.15. The minimum absolute atomic E-state index is 0.0337. The first-order chi connectivity index (χ1) is 14.7. The predicted molar refractivity (Wildman–Crippen MR) is 115 cm³/mol. The predicted octanol–water partition coefficient (Wildman–Crippen LogP) is 5.65. The number of benzene rings is 3. The molecule has 0 aliphatic carbocycles. The highest BCUT2D eigenvalue weighted by molar-refractivity contribution is 7.93. The van der Waals surface area contributed by atoms with Crippen molar-refractivity contribution in [1.82, 2.24) is 0 Å². The van der Waals surface area contributed by atoms with Crippen molar-refractivity contribution in [3.05, 3.63) is 82.3 Å². The van der Waals surface area contributed by atoms with Gasteiger partial charge in [0.25, 0.3) is 15.9 Å². The minimum atomic E-state index is -4.06. The zero-order valence-electron chi connectivity index (χ0n) is 15.5. The second-order valence-corrected chi connectivity index (χ2v) is 8.50. The van der Waals surface area contributed by atoms with Crippen molar-refractivity contribution in [3.8, 4) is 5.75 Å². The number of amides is 1. The molecule has 0 aromatic heterocycles. The minimum Gasteiger partial charge on any atom is -0.434 e. The van der Waals surface area contributed by atoms with Gasteiger partial charge in [0.15, 0.2) is 0 Å². The van der Waals surface area contributed by atoms with Gasteiger partial charge in [0.2, 0.25) is 0 Å². The van der Waals surface area contributed by atoms with E-state index in [1.807, 2.05) is 0 Å². The van der Waals surface area contributed by atoms with Crippen LogP contribution in [-0.4, -0.2) is 20.9 Å². The molecule has 0 saturated heterocycles. The Kier molecular flexibility index (Phi) is 6.99. The number of nitrogens with one attached hydrogen (secondary N) is 2. The summed E-state index contributed by atoms with van der Waals surface area (Å²) in [5, 5.41) is 2.46. The number of hydrogen-bond acceptors (Lipinski definition) is 4. The molecule has 11 heteroatoms. The molecule has 3 rings (SSSR count). The van der Waals surface area contributed by atoms with Gasteiger partial charge in [-0.05, 0) is 48.5 Å². The largest absolute Gasteiger partial charge is 0.434 e. The van der Waals surface area contributed by atoms with Gasteiger partial charge in [0.1, 0.15) is 10.6 Å². The maximum absolute atomic E-state index is 12.6. The zero-order valence-corrected chi connectivity index (χ0v) is 17.8. The van der Waals surface area contributed by atoms with Gasteiger partial charge in [0, 0.05) is 11.4 Å². The average Bonchev–Trinajstić information content (AvgIpc) is 2.69. The van der Waals surface area contributed by atoms with E-state index in [0.29, 0.717) is 5.69 Å². The number of sulfonamides is 1. The van der Waals surface area contributed by atoms with E-state index in [9.17, 15) is 22.0 Å². The summed E-state index contributed by atoms with van der Waals surface area (Å²) in [4.78, 5) is 12.2. The van der Waals surface area contributed by atoms with Gasteiger partial charge < -0.3 is 10.1 Å². The smallest absolute Gasteiger partial charge is 0.387 e. The Bertz CT molecular complexity index is 1190.